The summed E-state index contributed by atoms with van der Waals surface area (Å²) >= 11 is 0. The number of alkyl halides is 1. The summed E-state index contributed by atoms with van der Waals surface area (Å²) in [7, 11) is 0. The van der Waals surface area contributed by atoms with Crippen LogP contribution in [-0.2, 0) is 6.54 Å². The van der Waals surface area contributed by atoms with Gasteiger partial charge < -0.3 is 9.67 Å². The Morgan fingerprint density at radius 3 is 2.73 bits per heavy atom. The molecule has 4 nitrogen and oxygen atoms in total. The van der Waals surface area contributed by atoms with Gasteiger partial charge in [0.05, 0.1) is 19.1 Å². The van der Waals surface area contributed by atoms with Crippen LogP contribution in [0.5, 0.6) is 0 Å². The fourth-order valence-electron chi connectivity index (χ4n) is 2.30. The lowest BCUT2D eigenvalue weighted by Gasteiger charge is -2.26. The third-order valence-corrected chi connectivity index (χ3v) is 3.84. The molecule has 5 heteroatoms. The second-order valence-corrected chi connectivity index (χ2v) is 5.46. The molecule has 2 aromatic rings. The van der Waals surface area contributed by atoms with Crippen molar-refractivity contribution in [3.63, 3.8) is 0 Å². The zero-order valence-corrected chi connectivity index (χ0v) is 11.8. The summed E-state index contributed by atoms with van der Waals surface area (Å²) in [5.74, 6) is 5.50. The Hall–Kier alpha value is -2.63. The Kier molecular flexibility index (Phi) is 3.44. The minimum absolute atomic E-state index is 0.119. The first kappa shape index (κ1) is 14.3. The van der Waals surface area contributed by atoms with E-state index in [1.54, 1.807) is 12.1 Å². The molecule has 3 rings (SSSR count). The predicted molar refractivity (Wildman–Crippen MR) is 78.3 cm³/mol. The third kappa shape index (κ3) is 2.59. The number of nitriles is 1. The van der Waals surface area contributed by atoms with Crippen molar-refractivity contribution in [2.75, 3.05) is 0 Å². The minimum atomic E-state index is -1.84. The third-order valence-electron chi connectivity index (χ3n) is 3.84. The molecule has 1 fully saturated rings. The normalized spacial score (nSPS) is 17.7. The van der Waals surface area contributed by atoms with Crippen LogP contribution in [-0.4, -0.2) is 25.9 Å². The lowest BCUT2D eigenvalue weighted by molar-refractivity contribution is -0.0141. The summed E-state index contributed by atoms with van der Waals surface area (Å²) in [6.45, 7) is -0.119. The van der Waals surface area contributed by atoms with E-state index in [4.69, 9.17) is 5.26 Å². The van der Waals surface area contributed by atoms with E-state index in [9.17, 15) is 9.50 Å². The molecule has 1 aliphatic rings. The molecule has 0 bridgehead atoms. The van der Waals surface area contributed by atoms with Crippen LogP contribution in [0.2, 0.25) is 0 Å². The van der Waals surface area contributed by atoms with Crippen molar-refractivity contribution in [1.82, 2.24) is 9.55 Å². The van der Waals surface area contributed by atoms with Gasteiger partial charge in [-0.05, 0) is 25.0 Å². The monoisotopic (exact) mass is 295 g/mol. The van der Waals surface area contributed by atoms with Crippen LogP contribution in [0.25, 0.3) is 0 Å². The van der Waals surface area contributed by atoms with Gasteiger partial charge in [0.1, 0.15) is 11.8 Å². The summed E-state index contributed by atoms with van der Waals surface area (Å²) in [6, 6.07) is 11.1. The summed E-state index contributed by atoms with van der Waals surface area (Å²) in [6.07, 6.45) is 3.31. The van der Waals surface area contributed by atoms with Gasteiger partial charge in [0, 0.05) is 5.56 Å². The van der Waals surface area contributed by atoms with Crippen LogP contribution in [0.1, 0.15) is 24.1 Å². The quantitative estimate of drug-likeness (QED) is 0.881. The molecule has 1 heterocycles. The molecule has 1 aromatic heterocycles. The number of benzene rings is 1. The Balaban J connectivity index is 1.93. The van der Waals surface area contributed by atoms with E-state index in [0.29, 0.717) is 5.56 Å². The average Bonchev–Trinajstić information content (AvgIpc) is 3.14. The first-order valence-electron chi connectivity index (χ1n) is 6.96. The van der Waals surface area contributed by atoms with Crippen LogP contribution >= 0.6 is 0 Å². The SMILES string of the molecule is N#Cc1cncn1CC(O)(C#Cc1ccccc1)C1(F)CC1. The van der Waals surface area contributed by atoms with Crippen molar-refractivity contribution in [2.24, 2.45) is 0 Å². The van der Waals surface area contributed by atoms with Gasteiger partial charge in [-0.15, -0.1) is 0 Å². The largest absolute Gasteiger partial charge is 0.373 e. The predicted octanol–water partition coefficient (Wildman–Crippen LogP) is 2.04. The zero-order valence-electron chi connectivity index (χ0n) is 11.8. The number of hydrogen-bond acceptors (Lipinski definition) is 3. The topological polar surface area (TPSA) is 61.8 Å². The van der Waals surface area contributed by atoms with Gasteiger partial charge in [-0.3, -0.25) is 0 Å². The highest BCUT2D eigenvalue weighted by molar-refractivity contribution is 5.38. The van der Waals surface area contributed by atoms with E-state index in [0.717, 1.165) is 0 Å². The molecule has 22 heavy (non-hydrogen) atoms. The van der Waals surface area contributed by atoms with Gasteiger partial charge in [-0.25, -0.2) is 9.37 Å². The number of nitrogens with zero attached hydrogens (tertiary/aromatic N) is 3. The van der Waals surface area contributed by atoms with Gasteiger partial charge in [0.15, 0.2) is 11.3 Å². The van der Waals surface area contributed by atoms with Crippen molar-refractivity contribution < 1.29 is 9.50 Å². The van der Waals surface area contributed by atoms with Crippen molar-refractivity contribution >= 4 is 0 Å². The number of aromatic nitrogens is 2. The van der Waals surface area contributed by atoms with E-state index < -0.39 is 11.3 Å². The number of aliphatic hydroxyl groups is 1. The van der Waals surface area contributed by atoms with Gasteiger partial charge in [-0.2, -0.15) is 5.26 Å². The Morgan fingerprint density at radius 1 is 1.36 bits per heavy atom. The first-order chi connectivity index (χ1) is 10.6. The van der Waals surface area contributed by atoms with E-state index in [2.05, 4.69) is 16.8 Å². The lowest BCUT2D eigenvalue weighted by Crippen LogP contribution is -2.44. The molecule has 0 spiro atoms. The minimum Gasteiger partial charge on any atom is -0.373 e. The van der Waals surface area contributed by atoms with Gasteiger partial charge >= 0.3 is 0 Å². The molecule has 1 aromatic carbocycles. The first-order valence-corrected chi connectivity index (χ1v) is 6.96. The molecule has 1 unspecified atom stereocenters. The molecular weight excluding hydrogens is 281 g/mol. The maximum Gasteiger partial charge on any atom is 0.177 e. The van der Waals surface area contributed by atoms with Gasteiger partial charge in [0.2, 0.25) is 0 Å². The number of hydrogen-bond donors (Lipinski definition) is 1. The molecule has 1 atom stereocenters. The molecule has 110 valence electrons. The molecule has 0 radical (unpaired) electrons. The molecule has 0 saturated heterocycles. The molecule has 1 aliphatic carbocycles. The van der Waals surface area contributed by atoms with E-state index in [-0.39, 0.29) is 25.1 Å². The summed E-state index contributed by atoms with van der Waals surface area (Å²) < 4.78 is 16.0. The van der Waals surface area contributed by atoms with E-state index in [1.165, 1.54) is 17.1 Å². The Bertz CT molecular complexity index is 777. The standard InChI is InChI=1S/C17H14FN3O/c18-16(8-9-16)17(22,7-6-14-4-2-1-3-5-14)12-21-13-20-11-15(21)10-19/h1-5,11,13,22H,8-9,12H2. The van der Waals surface area contributed by atoms with Crippen molar-refractivity contribution in [2.45, 2.75) is 30.7 Å². The molecule has 1 saturated carbocycles. The average molecular weight is 295 g/mol. The van der Waals surface area contributed by atoms with Crippen molar-refractivity contribution in [3.8, 4) is 17.9 Å². The van der Waals surface area contributed by atoms with Crippen molar-refractivity contribution in [3.05, 3.63) is 54.1 Å². The highest BCUT2D eigenvalue weighted by Crippen LogP contribution is 2.49. The number of imidazole rings is 1. The van der Waals surface area contributed by atoms with Gasteiger partial charge in [0.25, 0.3) is 0 Å². The number of rotatable bonds is 3. The summed E-state index contributed by atoms with van der Waals surface area (Å²) in [5, 5.41) is 19.8. The van der Waals surface area contributed by atoms with Crippen LogP contribution in [0.4, 0.5) is 4.39 Å². The second-order valence-electron chi connectivity index (χ2n) is 5.46. The van der Waals surface area contributed by atoms with Crippen LogP contribution in [0.15, 0.2) is 42.9 Å². The fraction of sp³-hybridized carbons (Fsp3) is 0.294. The molecular formula is C17H14FN3O. The molecule has 0 aliphatic heterocycles. The smallest absolute Gasteiger partial charge is 0.177 e. The van der Waals surface area contributed by atoms with E-state index >= 15 is 0 Å². The second kappa shape index (κ2) is 5.29. The zero-order chi connectivity index (χ0) is 15.6. The van der Waals surface area contributed by atoms with Gasteiger partial charge in [-0.1, -0.05) is 30.0 Å². The maximum atomic E-state index is 14.6. The number of halogens is 1. The highest BCUT2D eigenvalue weighted by atomic mass is 19.1. The molecule has 0 amide bonds. The van der Waals surface area contributed by atoms with Crippen molar-refractivity contribution in [1.29, 1.82) is 5.26 Å². The fourth-order valence-corrected chi connectivity index (χ4v) is 2.30. The van der Waals surface area contributed by atoms with Crippen LogP contribution in [0.3, 0.4) is 0 Å². The summed E-state index contributed by atoms with van der Waals surface area (Å²) in [5.41, 5.74) is -2.60. The lowest BCUT2D eigenvalue weighted by atomic mass is 9.95. The van der Waals surface area contributed by atoms with Crippen LogP contribution < -0.4 is 0 Å². The van der Waals surface area contributed by atoms with Crippen LogP contribution in [0, 0.1) is 23.2 Å². The maximum absolute atomic E-state index is 14.6. The Labute approximate surface area is 127 Å². The molecule has 1 N–H and O–H groups in total. The summed E-state index contributed by atoms with van der Waals surface area (Å²) in [4.78, 5) is 3.86. The Morgan fingerprint density at radius 2 is 2.09 bits per heavy atom. The highest BCUT2D eigenvalue weighted by Gasteiger charge is 2.60. The van der Waals surface area contributed by atoms with E-state index in [1.807, 2.05) is 24.3 Å².